The molecule has 2 fully saturated rings. The molecule has 0 bridgehead atoms. The topological polar surface area (TPSA) is 75.7 Å². The summed E-state index contributed by atoms with van der Waals surface area (Å²) in [5.74, 6) is -2.91. The van der Waals surface area contributed by atoms with Gasteiger partial charge < -0.3 is 9.64 Å². The van der Waals surface area contributed by atoms with Crippen molar-refractivity contribution >= 4 is 50.7 Å². The lowest BCUT2D eigenvalue weighted by atomic mass is 9.84. The first-order valence-electron chi connectivity index (χ1n) is 11.6. The first-order valence-corrected chi connectivity index (χ1v) is 14.2. The van der Waals surface area contributed by atoms with Crippen LogP contribution in [0, 0.1) is 17.6 Å². The molecule has 12 heteroatoms. The zero-order valence-electron chi connectivity index (χ0n) is 19.2. The average Bonchev–Trinajstić information content (AvgIpc) is 2.84. The molecule has 196 valence electrons. The molecule has 0 spiro atoms. The largest absolute Gasteiger partial charge is 0.490 e. The summed E-state index contributed by atoms with van der Waals surface area (Å²) in [5, 5.41) is 0.385. The number of amides is 1. The van der Waals surface area contributed by atoms with Crippen molar-refractivity contribution < 1.29 is 26.7 Å². The van der Waals surface area contributed by atoms with Gasteiger partial charge >= 0.3 is 0 Å². The lowest BCUT2D eigenvalue weighted by Crippen LogP contribution is -2.46. The molecule has 1 N–H and O–H groups in total. The Balaban J connectivity index is 1.25. The predicted octanol–water partition coefficient (Wildman–Crippen LogP) is 5.83. The highest BCUT2D eigenvalue weighted by atomic mass is 35.5. The van der Waals surface area contributed by atoms with Crippen LogP contribution in [0.4, 0.5) is 8.78 Å². The number of benzene rings is 2. The molecule has 1 amide bonds. The van der Waals surface area contributed by atoms with Gasteiger partial charge in [-0.1, -0.05) is 34.8 Å². The van der Waals surface area contributed by atoms with Crippen LogP contribution < -0.4 is 9.46 Å². The highest BCUT2D eigenvalue weighted by Crippen LogP contribution is 2.32. The number of nitrogens with zero attached hydrogens (tertiary/aromatic N) is 1. The summed E-state index contributed by atoms with van der Waals surface area (Å²) in [6, 6.07) is 6.55. The molecule has 36 heavy (non-hydrogen) atoms. The van der Waals surface area contributed by atoms with Crippen LogP contribution >= 0.6 is 34.8 Å². The van der Waals surface area contributed by atoms with Crippen molar-refractivity contribution in [3.05, 3.63) is 57.0 Å². The molecule has 1 heterocycles. The van der Waals surface area contributed by atoms with Gasteiger partial charge in [0.25, 0.3) is 10.0 Å². The van der Waals surface area contributed by atoms with Crippen LogP contribution in [0.5, 0.6) is 5.75 Å². The van der Waals surface area contributed by atoms with E-state index in [9.17, 15) is 22.0 Å². The molecular formula is C24H25Cl3F2N2O4S. The molecule has 2 aliphatic rings. The van der Waals surface area contributed by atoms with Crippen molar-refractivity contribution in [3.63, 3.8) is 0 Å². The summed E-state index contributed by atoms with van der Waals surface area (Å²) < 4.78 is 60.3. The van der Waals surface area contributed by atoms with Gasteiger partial charge in [0.2, 0.25) is 5.91 Å². The van der Waals surface area contributed by atoms with Crippen LogP contribution in [0.3, 0.4) is 0 Å². The van der Waals surface area contributed by atoms with Crippen LogP contribution in [0.2, 0.25) is 15.1 Å². The van der Waals surface area contributed by atoms with E-state index in [1.807, 2.05) is 4.72 Å². The maximum atomic E-state index is 14.0. The monoisotopic (exact) mass is 580 g/mol. The van der Waals surface area contributed by atoms with Gasteiger partial charge in [0, 0.05) is 37.2 Å². The molecule has 1 aliphatic heterocycles. The zero-order valence-corrected chi connectivity index (χ0v) is 22.2. The third-order valence-electron chi connectivity index (χ3n) is 6.75. The number of carbonyl (C=O) groups excluding carboxylic acids is 1. The normalized spacial score (nSPS) is 21.8. The highest BCUT2D eigenvalue weighted by Gasteiger charge is 2.34. The average molecular weight is 582 g/mol. The molecule has 1 aliphatic carbocycles. The molecule has 2 aromatic rings. The third-order valence-corrected chi connectivity index (χ3v) is 9.14. The number of carbonyl (C=O) groups is 1. The van der Waals surface area contributed by atoms with E-state index >= 15 is 0 Å². The molecule has 0 aromatic heterocycles. The van der Waals surface area contributed by atoms with Crippen LogP contribution in [-0.4, -0.2) is 44.5 Å². The fourth-order valence-electron chi connectivity index (χ4n) is 4.79. The Kier molecular flexibility index (Phi) is 8.67. The summed E-state index contributed by atoms with van der Waals surface area (Å²) in [6.07, 6.45) is 4.29. The van der Waals surface area contributed by atoms with Gasteiger partial charge in [-0.2, -0.15) is 0 Å². The Morgan fingerprint density at radius 2 is 1.56 bits per heavy atom. The Morgan fingerprint density at radius 3 is 2.19 bits per heavy atom. The van der Waals surface area contributed by atoms with Crippen molar-refractivity contribution in [1.29, 1.82) is 0 Å². The number of hydrogen-bond donors (Lipinski definition) is 1. The van der Waals surface area contributed by atoms with Gasteiger partial charge in [-0.05, 0) is 56.7 Å². The number of nitrogens with one attached hydrogen (secondary N) is 1. The van der Waals surface area contributed by atoms with Crippen molar-refractivity contribution in [3.8, 4) is 5.75 Å². The van der Waals surface area contributed by atoms with E-state index in [1.165, 1.54) is 0 Å². The first-order chi connectivity index (χ1) is 17.0. The summed E-state index contributed by atoms with van der Waals surface area (Å²) in [6.45, 7) is 1.71. The van der Waals surface area contributed by atoms with Gasteiger partial charge in [0.15, 0.2) is 0 Å². The molecule has 1 saturated carbocycles. The Morgan fingerprint density at radius 1 is 0.889 bits per heavy atom. The van der Waals surface area contributed by atoms with E-state index in [4.69, 9.17) is 39.5 Å². The van der Waals surface area contributed by atoms with Gasteiger partial charge in [0.05, 0.1) is 15.1 Å². The fourth-order valence-corrected chi connectivity index (χ4v) is 6.43. The summed E-state index contributed by atoms with van der Waals surface area (Å²) in [5.41, 5.74) is 0. The maximum Gasteiger partial charge on any atom is 0.267 e. The standard InChI is InChI=1S/C24H25Cl3F2N2O4S/c25-18-6-5-17(11-19(18)26)35-16-7-9-31(10-8-16)15-3-1-14(2-4-15)24(32)30-36(33,34)23-12-20(27)21(28)13-22(23)29/h5-6,11-16H,1-4,7-10H2,(H,30,32). The zero-order chi connectivity index (χ0) is 26.0. The van der Waals surface area contributed by atoms with E-state index in [2.05, 4.69) is 4.90 Å². The van der Waals surface area contributed by atoms with E-state index in [-0.39, 0.29) is 6.10 Å². The van der Waals surface area contributed by atoms with Crippen molar-refractivity contribution in [2.24, 2.45) is 5.92 Å². The quantitative estimate of drug-likeness (QED) is 0.435. The lowest BCUT2D eigenvalue weighted by Gasteiger charge is -2.40. The van der Waals surface area contributed by atoms with Crippen LogP contribution in [0.1, 0.15) is 38.5 Å². The maximum absolute atomic E-state index is 14.0. The number of ether oxygens (including phenoxy) is 1. The minimum Gasteiger partial charge on any atom is -0.490 e. The molecule has 2 aromatic carbocycles. The number of piperidine rings is 1. The lowest BCUT2D eigenvalue weighted by molar-refractivity contribution is -0.124. The van der Waals surface area contributed by atoms with Gasteiger partial charge in [-0.15, -0.1) is 0 Å². The summed E-state index contributed by atoms with van der Waals surface area (Å²) in [4.78, 5) is 14.2. The number of halogens is 5. The molecule has 0 unspecified atom stereocenters. The van der Waals surface area contributed by atoms with Crippen LogP contribution in [-0.2, 0) is 14.8 Å². The number of hydrogen-bond acceptors (Lipinski definition) is 5. The minimum atomic E-state index is -4.52. The van der Waals surface area contributed by atoms with Crippen molar-refractivity contribution in [2.75, 3.05) is 13.1 Å². The molecule has 0 radical (unpaired) electrons. The number of rotatable bonds is 6. The molecule has 6 nitrogen and oxygen atoms in total. The molecule has 0 atom stereocenters. The van der Waals surface area contributed by atoms with Crippen LogP contribution in [0.15, 0.2) is 35.2 Å². The summed E-state index contributed by atoms with van der Waals surface area (Å²) >= 11 is 17.6. The third kappa shape index (κ3) is 6.42. The smallest absolute Gasteiger partial charge is 0.267 e. The second-order valence-corrected chi connectivity index (χ2v) is 12.0. The Bertz CT molecular complexity index is 1230. The van der Waals surface area contributed by atoms with Crippen molar-refractivity contribution in [1.82, 2.24) is 9.62 Å². The summed E-state index contributed by atoms with van der Waals surface area (Å²) in [7, 11) is -4.52. The fraction of sp³-hybridized carbons (Fsp3) is 0.458. The second kappa shape index (κ2) is 11.4. The molecular weight excluding hydrogens is 557 g/mol. The van der Waals surface area contributed by atoms with E-state index in [0.717, 1.165) is 38.8 Å². The van der Waals surface area contributed by atoms with Gasteiger partial charge in [0.1, 0.15) is 28.4 Å². The van der Waals surface area contributed by atoms with Gasteiger partial charge in [-0.25, -0.2) is 21.9 Å². The Labute approximate surface area is 223 Å². The SMILES string of the molecule is O=C(NS(=O)(=O)c1cc(Cl)c(F)cc1F)C1CCC(N2CCC(Oc3ccc(Cl)c(Cl)c3)CC2)CC1. The predicted molar refractivity (Wildman–Crippen MR) is 134 cm³/mol. The first kappa shape index (κ1) is 27.4. The van der Waals surface area contributed by atoms with Crippen LogP contribution in [0.25, 0.3) is 0 Å². The number of sulfonamides is 1. The Hall–Kier alpha value is -1.65. The van der Waals surface area contributed by atoms with E-state index in [1.54, 1.807) is 18.2 Å². The number of likely N-dealkylation sites (tertiary alicyclic amines) is 1. The highest BCUT2D eigenvalue weighted by molar-refractivity contribution is 7.90. The van der Waals surface area contributed by atoms with Gasteiger partial charge in [-0.3, -0.25) is 4.79 Å². The molecule has 1 saturated heterocycles. The second-order valence-electron chi connectivity index (χ2n) is 9.10. The van der Waals surface area contributed by atoms with E-state index in [0.29, 0.717) is 46.8 Å². The molecule has 4 rings (SSSR count). The minimum absolute atomic E-state index is 0.0752. The van der Waals surface area contributed by atoms with E-state index < -0.39 is 43.4 Å². The van der Waals surface area contributed by atoms with Crippen molar-refractivity contribution in [2.45, 2.75) is 55.6 Å².